The minimum absolute atomic E-state index is 0.359. The normalized spacial score (nSPS) is 9.21. The molecule has 0 unspecified atom stereocenters. The zero-order valence-electron chi connectivity index (χ0n) is 9.08. The lowest BCUT2D eigenvalue weighted by Gasteiger charge is -2.00. The van der Waals surface area contributed by atoms with Gasteiger partial charge in [0.05, 0.1) is 0 Å². The third kappa shape index (κ3) is 5.01. The van der Waals surface area contributed by atoms with E-state index >= 15 is 0 Å². The predicted octanol–water partition coefficient (Wildman–Crippen LogP) is -0.00708. The molecule has 4 heteroatoms. The summed E-state index contributed by atoms with van der Waals surface area (Å²) in [6.45, 7) is 5.54. The van der Waals surface area contributed by atoms with Gasteiger partial charge in [0.25, 0.3) is 0 Å². The van der Waals surface area contributed by atoms with Gasteiger partial charge in [-0.25, -0.2) is 0 Å². The number of allylic oxidation sites excluding steroid dienone is 1. The lowest BCUT2D eigenvalue weighted by atomic mass is 10.1. The van der Waals surface area contributed by atoms with Gasteiger partial charge in [-0.15, -0.1) is 6.58 Å². The number of hydrogen-bond donors (Lipinski definition) is 1. The van der Waals surface area contributed by atoms with Crippen LogP contribution in [0.1, 0.15) is 11.1 Å². The first kappa shape index (κ1) is 13.2. The fourth-order valence-electron chi connectivity index (χ4n) is 1.01. The maximum absolute atomic E-state index is 9.19. The third-order valence-electron chi connectivity index (χ3n) is 1.64. The van der Waals surface area contributed by atoms with Crippen LogP contribution in [0.4, 0.5) is 0 Å². The van der Waals surface area contributed by atoms with Gasteiger partial charge in [0, 0.05) is 0 Å². The molecule has 1 N–H and O–H groups in total. The number of aryl methyl sites for hydroxylation is 1. The van der Waals surface area contributed by atoms with Gasteiger partial charge in [-0.1, -0.05) is 18.2 Å². The predicted molar refractivity (Wildman–Crippen MR) is 67.7 cm³/mol. The molecule has 0 aliphatic carbocycles. The summed E-state index contributed by atoms with van der Waals surface area (Å²) in [5, 5.41) is 9.19. The summed E-state index contributed by atoms with van der Waals surface area (Å²) in [6.07, 6.45) is 2.72. The van der Waals surface area contributed by atoms with Crippen LogP contribution in [0.15, 0.2) is 30.9 Å². The van der Waals surface area contributed by atoms with Gasteiger partial charge in [0.15, 0.2) is 0 Å². The minimum atomic E-state index is 0.359. The summed E-state index contributed by atoms with van der Waals surface area (Å²) in [7, 11) is 1.86. The molecule has 78 valence electrons. The Morgan fingerprint density at radius 1 is 1.50 bits per heavy atom. The van der Waals surface area contributed by atoms with Crippen molar-refractivity contribution in [2.45, 2.75) is 13.3 Å². The summed E-state index contributed by atoms with van der Waals surface area (Å²) < 4.78 is 4.53. The Kier molecular flexibility index (Phi) is 7.09. The first-order valence-corrected chi connectivity index (χ1v) is 6.08. The molecule has 14 heavy (non-hydrogen) atoms. The Morgan fingerprint density at radius 3 is 2.50 bits per heavy atom. The summed E-state index contributed by atoms with van der Waals surface area (Å²) in [6, 6.07) is 5.59. The highest BCUT2D eigenvalue weighted by Crippen LogP contribution is 2.17. The molecular formula is C10H18O2Si2. The van der Waals surface area contributed by atoms with Crippen molar-refractivity contribution in [3.63, 3.8) is 0 Å². The summed E-state index contributed by atoms with van der Waals surface area (Å²) >= 11 is 0. The Balaban J connectivity index is 0.000000500. The molecule has 0 radical (unpaired) electrons. The second-order valence-electron chi connectivity index (χ2n) is 3.02. The molecule has 0 saturated heterocycles. The maximum atomic E-state index is 9.19. The smallest absolute Gasteiger partial charge is 0.129 e. The quantitative estimate of drug-likeness (QED) is 0.568. The van der Waals surface area contributed by atoms with E-state index in [9.17, 15) is 5.11 Å². The summed E-state index contributed by atoms with van der Waals surface area (Å²) in [5.74, 6) is 0.359. The molecular weight excluding hydrogens is 208 g/mol. The zero-order valence-corrected chi connectivity index (χ0v) is 13.1. The SMILES string of the molecule is C=CCc1ccc(O)c(C)c1.[SiH3]O[SiH3]. The molecule has 0 spiro atoms. The largest absolute Gasteiger partial charge is 0.508 e. The Morgan fingerprint density at radius 2 is 2.07 bits per heavy atom. The highest BCUT2D eigenvalue weighted by molar-refractivity contribution is 6.15. The van der Waals surface area contributed by atoms with Gasteiger partial charge in [0.1, 0.15) is 26.7 Å². The standard InChI is InChI=1S/C10H12O.H6OSi2/c1-3-4-9-5-6-10(11)8(2)7-9;2-1-3/h3,5-7,11H,1,4H2,2H3;2-3H3. The summed E-state index contributed by atoms with van der Waals surface area (Å²) in [5.41, 5.74) is 2.11. The van der Waals surface area contributed by atoms with Gasteiger partial charge in [-0.05, 0) is 30.5 Å². The molecule has 0 heterocycles. The second-order valence-corrected chi connectivity index (χ2v) is 6.29. The van der Waals surface area contributed by atoms with E-state index < -0.39 is 0 Å². The molecule has 0 aliphatic rings. The van der Waals surface area contributed by atoms with Gasteiger partial charge < -0.3 is 9.22 Å². The van der Waals surface area contributed by atoms with Crippen LogP contribution >= 0.6 is 0 Å². The lowest BCUT2D eigenvalue weighted by molar-refractivity contribution is 0.471. The Bertz CT molecular complexity index is 287. The number of benzene rings is 1. The van der Waals surface area contributed by atoms with E-state index in [1.54, 1.807) is 6.07 Å². The number of rotatable bonds is 2. The van der Waals surface area contributed by atoms with Gasteiger partial charge in [0.2, 0.25) is 0 Å². The first-order chi connectivity index (χ1) is 6.65. The van der Waals surface area contributed by atoms with E-state index in [1.807, 2.05) is 25.1 Å². The zero-order chi connectivity index (χ0) is 11.0. The van der Waals surface area contributed by atoms with Crippen LogP contribution in [-0.2, 0) is 10.5 Å². The molecule has 0 aliphatic heterocycles. The molecule has 0 atom stereocenters. The van der Waals surface area contributed by atoms with Gasteiger partial charge in [-0.2, -0.15) is 0 Å². The Hall–Kier alpha value is -0.846. The molecule has 2 nitrogen and oxygen atoms in total. The first-order valence-electron chi connectivity index (χ1n) is 4.45. The van der Waals surface area contributed by atoms with Crippen molar-refractivity contribution in [2.24, 2.45) is 0 Å². The summed E-state index contributed by atoms with van der Waals surface area (Å²) in [4.78, 5) is 0. The van der Waals surface area contributed by atoms with Crippen molar-refractivity contribution < 1.29 is 9.22 Å². The molecule has 1 aromatic carbocycles. The average molecular weight is 226 g/mol. The fraction of sp³-hybridized carbons (Fsp3) is 0.200. The van der Waals surface area contributed by atoms with Crippen molar-refractivity contribution in [3.05, 3.63) is 42.0 Å². The van der Waals surface area contributed by atoms with Gasteiger partial charge >= 0.3 is 0 Å². The maximum Gasteiger partial charge on any atom is 0.129 e. The van der Waals surface area contributed by atoms with E-state index in [1.165, 1.54) is 5.56 Å². The lowest BCUT2D eigenvalue weighted by Crippen LogP contribution is -1.82. The number of phenols is 1. The highest BCUT2D eigenvalue weighted by Gasteiger charge is 1.95. The van der Waals surface area contributed by atoms with Crippen LogP contribution in [0.2, 0.25) is 0 Å². The Labute approximate surface area is 91.7 Å². The van der Waals surface area contributed by atoms with Crippen LogP contribution in [0, 0.1) is 6.92 Å². The second kappa shape index (κ2) is 7.55. The van der Waals surface area contributed by atoms with E-state index in [0.29, 0.717) is 5.75 Å². The highest BCUT2D eigenvalue weighted by atomic mass is 28.3. The monoisotopic (exact) mass is 226 g/mol. The van der Waals surface area contributed by atoms with Crippen LogP contribution in [-0.4, -0.2) is 26.1 Å². The van der Waals surface area contributed by atoms with E-state index in [4.69, 9.17) is 0 Å². The number of phenolic OH excluding ortho intramolecular Hbond substituents is 1. The van der Waals surface area contributed by atoms with E-state index in [0.717, 1.165) is 33.0 Å². The average Bonchev–Trinajstić information content (AvgIpc) is 2.13. The molecule has 1 rings (SSSR count). The topological polar surface area (TPSA) is 29.5 Å². The van der Waals surface area contributed by atoms with Crippen molar-refractivity contribution in [2.75, 3.05) is 0 Å². The molecule has 1 aromatic rings. The van der Waals surface area contributed by atoms with Crippen molar-refractivity contribution in [1.82, 2.24) is 0 Å². The molecule has 0 aromatic heterocycles. The van der Waals surface area contributed by atoms with E-state index in [2.05, 4.69) is 10.7 Å². The van der Waals surface area contributed by atoms with Crippen LogP contribution in [0.25, 0.3) is 0 Å². The van der Waals surface area contributed by atoms with Crippen molar-refractivity contribution >= 4 is 21.0 Å². The van der Waals surface area contributed by atoms with Crippen LogP contribution < -0.4 is 0 Å². The molecule has 0 saturated carbocycles. The third-order valence-corrected chi connectivity index (χ3v) is 1.64. The van der Waals surface area contributed by atoms with E-state index in [-0.39, 0.29) is 0 Å². The fourth-order valence-corrected chi connectivity index (χ4v) is 1.01. The van der Waals surface area contributed by atoms with Gasteiger partial charge in [-0.3, -0.25) is 0 Å². The minimum Gasteiger partial charge on any atom is -0.508 e. The van der Waals surface area contributed by atoms with Crippen molar-refractivity contribution in [1.29, 1.82) is 0 Å². The number of hydrogen-bond acceptors (Lipinski definition) is 2. The molecule has 0 fully saturated rings. The van der Waals surface area contributed by atoms with Crippen molar-refractivity contribution in [3.8, 4) is 5.75 Å². The molecule has 0 amide bonds. The van der Waals surface area contributed by atoms with Crippen LogP contribution in [0.3, 0.4) is 0 Å². The molecule has 0 bridgehead atoms. The van der Waals surface area contributed by atoms with Crippen LogP contribution in [0.5, 0.6) is 5.75 Å². The number of aromatic hydroxyl groups is 1.